The number of rotatable bonds is 4. The molecule has 0 fully saturated rings. The fourth-order valence-corrected chi connectivity index (χ4v) is 2.72. The van der Waals surface area contributed by atoms with E-state index in [1.807, 2.05) is 36.6 Å². The second-order valence-corrected chi connectivity index (χ2v) is 5.55. The summed E-state index contributed by atoms with van der Waals surface area (Å²) < 4.78 is 3.39. The molecule has 1 N–H and O–H groups in total. The summed E-state index contributed by atoms with van der Waals surface area (Å²) in [6, 6.07) is 5.87. The Labute approximate surface area is 125 Å². The SMILES string of the molecule is CCN(CC)C(=O)Cn1c(=S)[nH]c2ccc(Br)cc21. The first-order valence-electron chi connectivity index (χ1n) is 6.22. The Morgan fingerprint density at radius 2 is 2.11 bits per heavy atom. The van der Waals surface area contributed by atoms with Gasteiger partial charge in [0.2, 0.25) is 5.91 Å². The molecule has 0 aliphatic rings. The van der Waals surface area contributed by atoms with Crippen LogP contribution in [0.25, 0.3) is 11.0 Å². The summed E-state index contributed by atoms with van der Waals surface area (Å²) in [4.78, 5) is 17.1. The van der Waals surface area contributed by atoms with Crippen LogP contribution in [0.2, 0.25) is 0 Å². The van der Waals surface area contributed by atoms with Gasteiger partial charge >= 0.3 is 0 Å². The highest BCUT2D eigenvalue weighted by Crippen LogP contribution is 2.19. The molecule has 4 nitrogen and oxygen atoms in total. The van der Waals surface area contributed by atoms with Crippen LogP contribution in [0.5, 0.6) is 0 Å². The van der Waals surface area contributed by atoms with Gasteiger partial charge in [0.1, 0.15) is 6.54 Å². The van der Waals surface area contributed by atoms with Gasteiger partial charge in [-0.15, -0.1) is 0 Å². The third kappa shape index (κ3) is 2.90. The molecule has 19 heavy (non-hydrogen) atoms. The number of imidazole rings is 1. The maximum Gasteiger partial charge on any atom is 0.242 e. The number of nitrogens with one attached hydrogen (secondary N) is 1. The highest BCUT2D eigenvalue weighted by molar-refractivity contribution is 9.10. The molecule has 1 amide bonds. The first-order chi connectivity index (χ1) is 9.06. The van der Waals surface area contributed by atoms with Crippen LogP contribution in [0.4, 0.5) is 0 Å². The van der Waals surface area contributed by atoms with Crippen molar-refractivity contribution in [2.75, 3.05) is 13.1 Å². The van der Waals surface area contributed by atoms with Crippen LogP contribution in [-0.4, -0.2) is 33.4 Å². The number of carbonyl (C=O) groups is 1. The maximum atomic E-state index is 12.2. The van der Waals surface area contributed by atoms with E-state index in [0.717, 1.165) is 15.5 Å². The molecule has 0 radical (unpaired) electrons. The monoisotopic (exact) mass is 341 g/mol. The van der Waals surface area contributed by atoms with Gasteiger partial charge in [-0.25, -0.2) is 0 Å². The Kier molecular flexibility index (Phi) is 4.42. The van der Waals surface area contributed by atoms with Gasteiger partial charge in [-0.05, 0) is 44.3 Å². The Morgan fingerprint density at radius 1 is 1.42 bits per heavy atom. The van der Waals surface area contributed by atoms with E-state index in [1.54, 1.807) is 4.90 Å². The number of nitrogens with zero attached hydrogens (tertiary/aromatic N) is 2. The van der Waals surface area contributed by atoms with Crippen molar-refractivity contribution in [3.8, 4) is 0 Å². The molecule has 2 rings (SSSR count). The van der Waals surface area contributed by atoms with Crippen LogP contribution in [-0.2, 0) is 11.3 Å². The van der Waals surface area contributed by atoms with E-state index >= 15 is 0 Å². The van der Waals surface area contributed by atoms with Gasteiger partial charge in [0, 0.05) is 17.6 Å². The fraction of sp³-hybridized carbons (Fsp3) is 0.385. The number of benzene rings is 1. The first kappa shape index (κ1) is 14.3. The quantitative estimate of drug-likeness (QED) is 0.866. The number of hydrogen-bond donors (Lipinski definition) is 1. The molecular formula is C13H16BrN3OS. The van der Waals surface area contributed by atoms with Gasteiger partial charge in [0.05, 0.1) is 11.0 Å². The van der Waals surface area contributed by atoms with Crippen molar-refractivity contribution in [2.45, 2.75) is 20.4 Å². The number of aromatic amines is 1. The van der Waals surface area contributed by atoms with Crippen molar-refractivity contribution in [1.29, 1.82) is 0 Å². The lowest BCUT2D eigenvalue weighted by molar-refractivity contribution is -0.131. The minimum atomic E-state index is 0.0852. The second-order valence-electron chi connectivity index (χ2n) is 4.24. The predicted molar refractivity (Wildman–Crippen MR) is 82.8 cm³/mol. The molecule has 0 aliphatic heterocycles. The van der Waals surface area contributed by atoms with E-state index < -0.39 is 0 Å². The van der Waals surface area contributed by atoms with Gasteiger partial charge in [0.15, 0.2) is 4.77 Å². The van der Waals surface area contributed by atoms with Crippen molar-refractivity contribution < 1.29 is 4.79 Å². The summed E-state index contributed by atoms with van der Waals surface area (Å²) in [5.74, 6) is 0.0852. The molecule has 102 valence electrons. The van der Waals surface area contributed by atoms with E-state index in [1.165, 1.54) is 0 Å². The number of fused-ring (bicyclic) bond motifs is 1. The van der Waals surface area contributed by atoms with Crippen LogP contribution in [0.3, 0.4) is 0 Å². The number of halogens is 1. The number of amides is 1. The minimum absolute atomic E-state index is 0.0852. The fourth-order valence-electron chi connectivity index (χ4n) is 2.09. The lowest BCUT2D eigenvalue weighted by Gasteiger charge is -2.19. The topological polar surface area (TPSA) is 41.0 Å². The zero-order valence-electron chi connectivity index (χ0n) is 10.9. The van der Waals surface area contributed by atoms with Crippen LogP contribution < -0.4 is 0 Å². The lowest BCUT2D eigenvalue weighted by atomic mass is 10.3. The van der Waals surface area contributed by atoms with Gasteiger partial charge < -0.3 is 14.5 Å². The molecular weight excluding hydrogens is 326 g/mol. The van der Waals surface area contributed by atoms with Crippen LogP contribution in [0, 0.1) is 4.77 Å². The largest absolute Gasteiger partial charge is 0.342 e. The van der Waals surface area contributed by atoms with Gasteiger partial charge in [-0.3, -0.25) is 4.79 Å². The molecule has 6 heteroatoms. The van der Waals surface area contributed by atoms with Gasteiger partial charge in [0.25, 0.3) is 0 Å². The summed E-state index contributed by atoms with van der Waals surface area (Å²) in [5, 5.41) is 0. The van der Waals surface area contributed by atoms with E-state index in [0.29, 0.717) is 17.9 Å². The highest BCUT2D eigenvalue weighted by atomic mass is 79.9. The Bertz CT molecular complexity index is 657. The van der Waals surface area contributed by atoms with Crippen molar-refractivity contribution in [3.63, 3.8) is 0 Å². The molecule has 0 atom stereocenters. The van der Waals surface area contributed by atoms with E-state index in [4.69, 9.17) is 12.2 Å². The Hall–Kier alpha value is -1.14. The molecule has 1 aromatic carbocycles. The Morgan fingerprint density at radius 3 is 2.74 bits per heavy atom. The van der Waals surface area contributed by atoms with E-state index in [-0.39, 0.29) is 12.5 Å². The summed E-state index contributed by atoms with van der Waals surface area (Å²) in [6.07, 6.45) is 0. The first-order valence-corrected chi connectivity index (χ1v) is 7.42. The summed E-state index contributed by atoms with van der Waals surface area (Å²) in [7, 11) is 0. The third-order valence-corrected chi connectivity index (χ3v) is 3.96. The lowest BCUT2D eigenvalue weighted by Crippen LogP contribution is -2.33. The molecule has 0 unspecified atom stereocenters. The van der Waals surface area contributed by atoms with Crippen molar-refractivity contribution in [2.24, 2.45) is 0 Å². The van der Waals surface area contributed by atoms with Gasteiger partial charge in [-0.1, -0.05) is 15.9 Å². The molecule has 0 bridgehead atoms. The number of likely N-dealkylation sites (N-methyl/N-ethyl adjacent to an activating group) is 1. The Balaban J connectivity index is 2.40. The molecule has 0 saturated carbocycles. The summed E-state index contributed by atoms with van der Waals surface area (Å²) in [5.41, 5.74) is 1.89. The molecule has 1 heterocycles. The van der Waals surface area contributed by atoms with E-state index in [2.05, 4.69) is 20.9 Å². The van der Waals surface area contributed by atoms with E-state index in [9.17, 15) is 4.79 Å². The van der Waals surface area contributed by atoms with Crippen LogP contribution in [0.15, 0.2) is 22.7 Å². The highest BCUT2D eigenvalue weighted by Gasteiger charge is 2.13. The number of carbonyl (C=O) groups excluding carboxylic acids is 1. The molecule has 0 saturated heterocycles. The van der Waals surface area contributed by atoms with Crippen LogP contribution in [0.1, 0.15) is 13.8 Å². The predicted octanol–water partition coefficient (Wildman–Crippen LogP) is 3.33. The molecule has 0 spiro atoms. The number of aromatic nitrogens is 2. The van der Waals surface area contributed by atoms with Crippen molar-refractivity contribution in [3.05, 3.63) is 27.4 Å². The number of hydrogen-bond acceptors (Lipinski definition) is 2. The van der Waals surface area contributed by atoms with Gasteiger partial charge in [-0.2, -0.15) is 0 Å². The average molecular weight is 342 g/mol. The molecule has 1 aromatic heterocycles. The smallest absolute Gasteiger partial charge is 0.242 e. The third-order valence-electron chi connectivity index (χ3n) is 3.15. The van der Waals surface area contributed by atoms with Crippen molar-refractivity contribution >= 4 is 45.1 Å². The maximum absolute atomic E-state index is 12.2. The normalized spacial score (nSPS) is 10.9. The van der Waals surface area contributed by atoms with Crippen LogP contribution >= 0.6 is 28.1 Å². The zero-order valence-corrected chi connectivity index (χ0v) is 13.3. The summed E-state index contributed by atoms with van der Waals surface area (Å²) >= 11 is 8.74. The molecule has 0 aliphatic carbocycles. The summed E-state index contributed by atoms with van der Waals surface area (Å²) in [6.45, 7) is 5.67. The minimum Gasteiger partial charge on any atom is -0.342 e. The van der Waals surface area contributed by atoms with Crippen molar-refractivity contribution in [1.82, 2.24) is 14.5 Å². The molecule has 2 aromatic rings. The number of H-pyrrole nitrogens is 1. The second kappa shape index (κ2) is 5.88. The zero-order chi connectivity index (χ0) is 14.0. The standard InChI is InChI=1S/C13H16BrN3OS/c1-3-16(4-2)12(18)8-17-11-7-9(14)5-6-10(11)15-13(17)19/h5-7H,3-4,8H2,1-2H3,(H,15,19). The average Bonchev–Trinajstić information content (AvgIpc) is 2.67.